The molecule has 24 heavy (non-hydrogen) atoms. The fraction of sp³-hybridized carbons (Fsp3) is 0.278. The van der Waals surface area contributed by atoms with E-state index in [4.69, 9.17) is 5.11 Å². The van der Waals surface area contributed by atoms with Crippen molar-refractivity contribution in [1.29, 1.82) is 0 Å². The van der Waals surface area contributed by atoms with Gasteiger partial charge in [0.25, 0.3) is 0 Å². The van der Waals surface area contributed by atoms with Crippen LogP contribution in [-0.2, 0) is 14.8 Å². The number of hydrogen-bond acceptors (Lipinski definition) is 3. The molecule has 1 fully saturated rings. The summed E-state index contributed by atoms with van der Waals surface area (Å²) in [6, 6.07) is 16.1. The average Bonchev–Trinajstić information content (AvgIpc) is 2.53. The lowest BCUT2D eigenvalue weighted by molar-refractivity contribution is -0.138. The zero-order valence-electron chi connectivity index (χ0n) is 13.1. The van der Waals surface area contributed by atoms with Gasteiger partial charge in [0.15, 0.2) is 0 Å². The van der Waals surface area contributed by atoms with Crippen molar-refractivity contribution in [3.05, 3.63) is 54.6 Å². The fourth-order valence-electron chi connectivity index (χ4n) is 3.09. The van der Waals surface area contributed by atoms with Gasteiger partial charge in [0, 0.05) is 18.0 Å². The maximum atomic E-state index is 12.7. The van der Waals surface area contributed by atoms with E-state index in [1.165, 1.54) is 0 Å². The van der Waals surface area contributed by atoms with Crippen LogP contribution >= 0.6 is 0 Å². The van der Waals surface area contributed by atoms with E-state index < -0.39 is 16.0 Å². The van der Waals surface area contributed by atoms with Crippen LogP contribution in [0.25, 0.3) is 11.1 Å². The summed E-state index contributed by atoms with van der Waals surface area (Å²) in [6.07, 6.45) is 1.23. The summed E-state index contributed by atoms with van der Waals surface area (Å²) in [7, 11) is -3.65. The lowest BCUT2D eigenvalue weighted by Gasteiger charge is -2.34. The Morgan fingerprint density at radius 3 is 2.33 bits per heavy atom. The standard InChI is InChI=1S/C18H19NO4S/c20-18(21)12-13-10-15(11-13)19-24(22,23)17-9-5-4-8-16(17)14-6-2-1-3-7-14/h1-9,13,15,19H,10-12H2,(H,20,21). The highest BCUT2D eigenvalue weighted by Crippen LogP contribution is 2.33. The summed E-state index contributed by atoms with van der Waals surface area (Å²) < 4.78 is 28.2. The number of rotatable bonds is 6. The molecule has 0 atom stereocenters. The molecule has 1 saturated carbocycles. The molecule has 126 valence electrons. The Labute approximate surface area is 141 Å². The Balaban J connectivity index is 1.78. The summed E-state index contributed by atoms with van der Waals surface area (Å²) in [4.78, 5) is 10.9. The number of sulfonamides is 1. The van der Waals surface area contributed by atoms with Crippen LogP contribution in [-0.4, -0.2) is 25.5 Å². The number of carboxylic acids is 1. The van der Waals surface area contributed by atoms with Gasteiger partial charge in [-0.2, -0.15) is 0 Å². The van der Waals surface area contributed by atoms with E-state index in [2.05, 4.69) is 4.72 Å². The molecule has 2 aromatic rings. The van der Waals surface area contributed by atoms with E-state index in [0.29, 0.717) is 18.4 Å². The van der Waals surface area contributed by atoms with E-state index in [9.17, 15) is 13.2 Å². The maximum Gasteiger partial charge on any atom is 0.303 e. The Bertz CT molecular complexity index is 827. The van der Waals surface area contributed by atoms with Crippen LogP contribution in [0.3, 0.4) is 0 Å². The van der Waals surface area contributed by atoms with Gasteiger partial charge in [-0.05, 0) is 30.4 Å². The van der Waals surface area contributed by atoms with Gasteiger partial charge in [0.2, 0.25) is 10.0 Å². The molecule has 2 aromatic carbocycles. The molecule has 2 N–H and O–H groups in total. The number of hydrogen-bond donors (Lipinski definition) is 2. The molecule has 0 saturated heterocycles. The molecule has 0 amide bonds. The number of benzene rings is 2. The molecular formula is C18H19NO4S. The second kappa shape index (κ2) is 6.75. The zero-order valence-corrected chi connectivity index (χ0v) is 13.9. The molecule has 1 aliphatic carbocycles. The number of carboxylic acid groups (broad SMARTS) is 1. The first-order valence-corrected chi connectivity index (χ1v) is 9.32. The molecule has 3 rings (SSSR count). The van der Waals surface area contributed by atoms with E-state index in [1.54, 1.807) is 18.2 Å². The van der Waals surface area contributed by atoms with Crippen LogP contribution in [0.5, 0.6) is 0 Å². The summed E-state index contributed by atoms with van der Waals surface area (Å²) >= 11 is 0. The molecule has 0 aliphatic heterocycles. The van der Waals surface area contributed by atoms with Crippen LogP contribution in [0.1, 0.15) is 19.3 Å². The maximum absolute atomic E-state index is 12.7. The van der Waals surface area contributed by atoms with Crippen molar-refractivity contribution < 1.29 is 18.3 Å². The van der Waals surface area contributed by atoms with Crippen LogP contribution in [0.15, 0.2) is 59.5 Å². The van der Waals surface area contributed by atoms with Crippen molar-refractivity contribution in [2.24, 2.45) is 5.92 Å². The second-order valence-corrected chi connectivity index (χ2v) is 7.80. The summed E-state index contributed by atoms with van der Waals surface area (Å²) in [5.74, 6) is -0.782. The van der Waals surface area contributed by atoms with E-state index >= 15 is 0 Å². The summed E-state index contributed by atoms with van der Waals surface area (Å²) in [5.41, 5.74) is 1.50. The molecule has 0 radical (unpaired) electrons. The third kappa shape index (κ3) is 3.66. The Morgan fingerprint density at radius 1 is 1.04 bits per heavy atom. The molecule has 0 heterocycles. The van der Waals surface area contributed by atoms with Crippen molar-refractivity contribution in [2.75, 3.05) is 0 Å². The molecule has 1 aliphatic rings. The van der Waals surface area contributed by atoms with Crippen LogP contribution in [0.4, 0.5) is 0 Å². The van der Waals surface area contributed by atoms with Gasteiger partial charge < -0.3 is 5.11 Å². The lowest BCUT2D eigenvalue weighted by Crippen LogP contribution is -2.44. The molecule has 6 heteroatoms. The predicted molar refractivity (Wildman–Crippen MR) is 91.0 cm³/mol. The normalized spacial score (nSPS) is 20.3. The molecule has 0 spiro atoms. The van der Waals surface area contributed by atoms with Gasteiger partial charge in [0.1, 0.15) is 0 Å². The SMILES string of the molecule is O=C(O)CC1CC(NS(=O)(=O)c2ccccc2-c2ccccc2)C1. The number of aliphatic carboxylic acids is 1. The monoisotopic (exact) mass is 345 g/mol. The van der Waals surface area contributed by atoms with E-state index in [1.807, 2.05) is 36.4 Å². The third-order valence-electron chi connectivity index (χ3n) is 4.28. The van der Waals surface area contributed by atoms with Crippen molar-refractivity contribution in [1.82, 2.24) is 4.72 Å². The van der Waals surface area contributed by atoms with Gasteiger partial charge >= 0.3 is 5.97 Å². The third-order valence-corrected chi connectivity index (χ3v) is 5.86. The highest BCUT2D eigenvalue weighted by molar-refractivity contribution is 7.89. The smallest absolute Gasteiger partial charge is 0.303 e. The Morgan fingerprint density at radius 2 is 1.67 bits per heavy atom. The van der Waals surface area contributed by atoms with Gasteiger partial charge in [-0.3, -0.25) is 4.79 Å². The Hall–Kier alpha value is -2.18. The van der Waals surface area contributed by atoms with Crippen molar-refractivity contribution in [3.63, 3.8) is 0 Å². The summed E-state index contributed by atoms with van der Waals surface area (Å²) in [6.45, 7) is 0. The minimum absolute atomic E-state index is 0.0552. The van der Waals surface area contributed by atoms with Gasteiger partial charge in [0.05, 0.1) is 4.90 Å². The molecule has 0 bridgehead atoms. The largest absolute Gasteiger partial charge is 0.481 e. The van der Waals surface area contributed by atoms with Crippen LogP contribution in [0, 0.1) is 5.92 Å². The highest BCUT2D eigenvalue weighted by atomic mass is 32.2. The first-order valence-electron chi connectivity index (χ1n) is 7.84. The quantitative estimate of drug-likeness (QED) is 0.843. The van der Waals surface area contributed by atoms with Gasteiger partial charge in [-0.15, -0.1) is 0 Å². The van der Waals surface area contributed by atoms with Crippen LogP contribution < -0.4 is 4.72 Å². The average molecular weight is 345 g/mol. The lowest BCUT2D eigenvalue weighted by atomic mass is 9.79. The first kappa shape index (κ1) is 16.7. The van der Waals surface area contributed by atoms with Crippen molar-refractivity contribution in [3.8, 4) is 11.1 Å². The zero-order chi connectivity index (χ0) is 17.2. The van der Waals surface area contributed by atoms with Crippen LogP contribution in [0.2, 0.25) is 0 Å². The molecular weight excluding hydrogens is 326 g/mol. The second-order valence-electron chi connectivity index (χ2n) is 6.12. The van der Waals surface area contributed by atoms with Crippen molar-refractivity contribution in [2.45, 2.75) is 30.2 Å². The summed E-state index contributed by atoms with van der Waals surface area (Å²) in [5, 5.41) is 8.77. The van der Waals surface area contributed by atoms with Gasteiger partial charge in [-0.1, -0.05) is 48.5 Å². The predicted octanol–water partition coefficient (Wildman–Crippen LogP) is 2.89. The van der Waals surface area contributed by atoms with E-state index in [0.717, 1.165) is 5.56 Å². The minimum atomic E-state index is -3.65. The Kier molecular flexibility index (Phi) is 4.69. The topological polar surface area (TPSA) is 83.5 Å². The number of nitrogens with one attached hydrogen (secondary N) is 1. The number of carbonyl (C=O) groups is 1. The highest BCUT2D eigenvalue weighted by Gasteiger charge is 2.34. The van der Waals surface area contributed by atoms with E-state index in [-0.39, 0.29) is 23.3 Å². The van der Waals surface area contributed by atoms with Gasteiger partial charge in [-0.25, -0.2) is 13.1 Å². The first-order chi connectivity index (χ1) is 11.5. The molecule has 0 unspecified atom stereocenters. The molecule has 0 aromatic heterocycles. The fourth-order valence-corrected chi connectivity index (χ4v) is 4.58. The van der Waals surface area contributed by atoms with Crippen molar-refractivity contribution >= 4 is 16.0 Å². The minimum Gasteiger partial charge on any atom is -0.481 e. The molecule has 5 nitrogen and oxygen atoms in total.